The number of hydrogen-bond donors (Lipinski definition) is 0. The second-order valence-corrected chi connectivity index (χ2v) is 5.53. The second-order valence-electron chi connectivity index (χ2n) is 5.53. The predicted octanol–water partition coefficient (Wildman–Crippen LogP) is 4.61. The van der Waals surface area contributed by atoms with Crippen molar-refractivity contribution in [2.24, 2.45) is 5.92 Å². The van der Waals surface area contributed by atoms with Gasteiger partial charge in [0.25, 0.3) is 5.92 Å². The Balaban J connectivity index is 1.82. The van der Waals surface area contributed by atoms with Crippen LogP contribution in [0, 0.1) is 5.92 Å². The third-order valence-electron chi connectivity index (χ3n) is 4.11. The fraction of sp³-hybridized carbons (Fsp3) is 0.278. The van der Waals surface area contributed by atoms with Crippen molar-refractivity contribution in [1.29, 1.82) is 0 Å². The Bertz CT molecular complexity index is 649. The molecule has 1 nitrogen and oxygen atoms in total. The maximum absolute atomic E-state index is 14.3. The minimum atomic E-state index is -2.96. The highest BCUT2D eigenvalue weighted by Gasteiger charge is 2.39. The Hall–Kier alpha value is -2.03. The van der Waals surface area contributed by atoms with Crippen LogP contribution in [0.25, 0.3) is 0 Å². The van der Waals surface area contributed by atoms with Gasteiger partial charge in [0.05, 0.1) is 0 Å². The Morgan fingerprint density at radius 3 is 2.43 bits per heavy atom. The van der Waals surface area contributed by atoms with Gasteiger partial charge in [0, 0.05) is 23.5 Å². The van der Waals surface area contributed by atoms with Gasteiger partial charge in [-0.1, -0.05) is 54.6 Å². The number of ketones is 1. The molecular formula is C18H16F2O. The van der Waals surface area contributed by atoms with Gasteiger partial charge < -0.3 is 0 Å². The van der Waals surface area contributed by atoms with Gasteiger partial charge in [-0.05, 0) is 18.4 Å². The van der Waals surface area contributed by atoms with E-state index >= 15 is 0 Å². The summed E-state index contributed by atoms with van der Waals surface area (Å²) in [6.45, 7) is 0. The van der Waals surface area contributed by atoms with Crippen LogP contribution < -0.4 is 0 Å². The number of fused-ring (bicyclic) bond motifs is 1. The lowest BCUT2D eigenvalue weighted by atomic mass is 9.79. The van der Waals surface area contributed by atoms with Crippen molar-refractivity contribution >= 4 is 5.78 Å². The molecule has 0 saturated carbocycles. The summed E-state index contributed by atoms with van der Waals surface area (Å²) in [5.74, 6) is -3.71. The summed E-state index contributed by atoms with van der Waals surface area (Å²) in [6.07, 6.45) is 0.778. The molecule has 0 bridgehead atoms. The summed E-state index contributed by atoms with van der Waals surface area (Å²) in [4.78, 5) is 12.4. The average molecular weight is 286 g/mol. The van der Waals surface area contributed by atoms with E-state index in [2.05, 4.69) is 0 Å². The van der Waals surface area contributed by atoms with Gasteiger partial charge in [0.2, 0.25) is 0 Å². The number of carbonyl (C=O) groups is 1. The van der Waals surface area contributed by atoms with E-state index in [-0.39, 0.29) is 11.3 Å². The van der Waals surface area contributed by atoms with E-state index in [0.717, 1.165) is 5.56 Å². The SMILES string of the molecule is O=C1c2ccccc2CCC1CC(F)(F)c1ccccc1. The molecule has 0 amide bonds. The number of Topliss-reactive ketones (excluding diaryl/α,β-unsaturated/α-hetero) is 1. The van der Waals surface area contributed by atoms with Gasteiger partial charge in [-0.15, -0.1) is 0 Å². The fourth-order valence-corrected chi connectivity index (χ4v) is 2.96. The molecule has 0 aliphatic heterocycles. The first-order chi connectivity index (χ1) is 10.1. The largest absolute Gasteiger partial charge is 0.294 e. The molecule has 1 atom stereocenters. The van der Waals surface area contributed by atoms with Crippen LogP contribution in [-0.2, 0) is 12.3 Å². The van der Waals surface area contributed by atoms with Gasteiger partial charge in [-0.2, -0.15) is 0 Å². The van der Waals surface area contributed by atoms with Gasteiger partial charge in [0.15, 0.2) is 5.78 Å². The van der Waals surface area contributed by atoms with Crippen LogP contribution in [0.2, 0.25) is 0 Å². The molecule has 1 aliphatic rings. The first-order valence-corrected chi connectivity index (χ1v) is 7.13. The van der Waals surface area contributed by atoms with E-state index < -0.39 is 18.3 Å². The minimum Gasteiger partial charge on any atom is -0.294 e. The van der Waals surface area contributed by atoms with E-state index in [4.69, 9.17) is 0 Å². The third kappa shape index (κ3) is 2.73. The van der Waals surface area contributed by atoms with Crippen LogP contribution in [0.3, 0.4) is 0 Å². The summed E-state index contributed by atoms with van der Waals surface area (Å²) < 4.78 is 28.7. The molecule has 3 rings (SSSR count). The van der Waals surface area contributed by atoms with E-state index in [1.807, 2.05) is 12.1 Å². The van der Waals surface area contributed by atoms with Crippen molar-refractivity contribution in [3.63, 3.8) is 0 Å². The predicted molar refractivity (Wildman–Crippen MR) is 77.5 cm³/mol. The first kappa shape index (κ1) is 13.9. The molecule has 0 fully saturated rings. The number of rotatable bonds is 3. The monoisotopic (exact) mass is 286 g/mol. The Morgan fingerprint density at radius 2 is 1.67 bits per heavy atom. The molecule has 21 heavy (non-hydrogen) atoms. The zero-order valence-electron chi connectivity index (χ0n) is 11.6. The first-order valence-electron chi connectivity index (χ1n) is 7.13. The summed E-state index contributed by atoms with van der Waals surface area (Å²) >= 11 is 0. The summed E-state index contributed by atoms with van der Waals surface area (Å²) in [5.41, 5.74) is 1.57. The van der Waals surface area contributed by atoms with Gasteiger partial charge in [0.1, 0.15) is 0 Å². The molecule has 0 N–H and O–H groups in total. The number of hydrogen-bond acceptors (Lipinski definition) is 1. The highest BCUT2D eigenvalue weighted by atomic mass is 19.3. The summed E-state index contributed by atoms with van der Waals surface area (Å²) in [7, 11) is 0. The van der Waals surface area contributed by atoms with Crippen molar-refractivity contribution in [3.05, 3.63) is 71.3 Å². The molecule has 0 saturated heterocycles. The van der Waals surface area contributed by atoms with Crippen LogP contribution in [0.5, 0.6) is 0 Å². The molecule has 0 heterocycles. The normalized spacial score (nSPS) is 18.4. The minimum absolute atomic E-state index is 0.0170. The number of carbonyl (C=O) groups excluding carboxylic acids is 1. The lowest BCUT2D eigenvalue weighted by molar-refractivity contribution is -0.0277. The van der Waals surface area contributed by atoms with Crippen LogP contribution in [0.1, 0.15) is 34.3 Å². The highest BCUT2D eigenvalue weighted by molar-refractivity contribution is 6.00. The van der Waals surface area contributed by atoms with E-state index in [9.17, 15) is 13.6 Å². The molecule has 0 aromatic heterocycles. The molecule has 0 spiro atoms. The molecule has 1 unspecified atom stereocenters. The Morgan fingerprint density at radius 1 is 1.00 bits per heavy atom. The zero-order chi connectivity index (χ0) is 14.9. The topological polar surface area (TPSA) is 17.1 Å². The van der Waals surface area contributed by atoms with E-state index in [1.54, 1.807) is 30.3 Å². The third-order valence-corrected chi connectivity index (χ3v) is 4.11. The molecular weight excluding hydrogens is 270 g/mol. The van der Waals surface area contributed by atoms with Gasteiger partial charge in [-0.25, -0.2) is 8.78 Å². The smallest absolute Gasteiger partial charge is 0.273 e. The maximum Gasteiger partial charge on any atom is 0.273 e. The number of aryl methyl sites for hydroxylation is 1. The quantitative estimate of drug-likeness (QED) is 0.805. The lowest BCUT2D eigenvalue weighted by Gasteiger charge is -2.27. The standard InChI is InChI=1S/C18H16F2O/c19-18(20,15-7-2-1-3-8-15)12-14-11-10-13-6-4-5-9-16(13)17(14)21/h1-9,14H,10-12H2. The molecule has 2 aromatic carbocycles. The van der Waals surface area contributed by atoms with Crippen molar-refractivity contribution in [2.75, 3.05) is 0 Å². The maximum atomic E-state index is 14.3. The molecule has 2 aromatic rings. The average Bonchev–Trinajstić information content (AvgIpc) is 2.51. The van der Waals surface area contributed by atoms with Crippen molar-refractivity contribution in [2.45, 2.75) is 25.2 Å². The molecule has 0 radical (unpaired) electrons. The summed E-state index contributed by atoms with van der Waals surface area (Å²) in [6, 6.07) is 15.1. The second kappa shape index (κ2) is 5.40. The number of halogens is 2. The molecule has 108 valence electrons. The molecule has 3 heteroatoms. The van der Waals surface area contributed by atoms with Crippen LogP contribution in [-0.4, -0.2) is 5.78 Å². The number of benzene rings is 2. The van der Waals surface area contributed by atoms with Crippen LogP contribution in [0.15, 0.2) is 54.6 Å². The van der Waals surface area contributed by atoms with E-state index in [0.29, 0.717) is 18.4 Å². The van der Waals surface area contributed by atoms with Crippen molar-refractivity contribution < 1.29 is 13.6 Å². The Kier molecular flexibility index (Phi) is 3.58. The zero-order valence-corrected chi connectivity index (χ0v) is 11.6. The molecule has 1 aliphatic carbocycles. The van der Waals surface area contributed by atoms with E-state index in [1.165, 1.54) is 12.1 Å². The van der Waals surface area contributed by atoms with Crippen LogP contribution in [0.4, 0.5) is 8.78 Å². The summed E-state index contributed by atoms with van der Waals surface area (Å²) in [5, 5.41) is 0. The van der Waals surface area contributed by atoms with Crippen LogP contribution >= 0.6 is 0 Å². The van der Waals surface area contributed by atoms with Gasteiger partial charge >= 0.3 is 0 Å². The lowest BCUT2D eigenvalue weighted by Crippen LogP contribution is -2.28. The number of alkyl halides is 2. The Labute approximate surface area is 122 Å². The van der Waals surface area contributed by atoms with Crippen molar-refractivity contribution in [1.82, 2.24) is 0 Å². The van der Waals surface area contributed by atoms with Gasteiger partial charge in [-0.3, -0.25) is 4.79 Å². The highest BCUT2D eigenvalue weighted by Crippen LogP contribution is 2.39. The van der Waals surface area contributed by atoms with Crippen molar-refractivity contribution in [3.8, 4) is 0 Å². The fourth-order valence-electron chi connectivity index (χ4n) is 2.96.